The fourth-order valence-electron chi connectivity index (χ4n) is 3.89. The van der Waals surface area contributed by atoms with E-state index >= 15 is 0 Å². The molecule has 24 heavy (non-hydrogen) atoms. The maximum absolute atomic E-state index is 12.2. The van der Waals surface area contributed by atoms with Crippen molar-refractivity contribution in [3.63, 3.8) is 0 Å². The molecule has 0 aromatic heterocycles. The molecule has 1 spiro atoms. The van der Waals surface area contributed by atoms with Crippen molar-refractivity contribution in [3.05, 3.63) is 0 Å². The molecule has 3 N–H and O–H groups in total. The molecule has 0 aromatic carbocycles. The Morgan fingerprint density at radius 1 is 1.33 bits per heavy atom. The minimum absolute atomic E-state index is 0.00277. The van der Waals surface area contributed by atoms with Gasteiger partial charge in [-0.2, -0.15) is 0 Å². The quantitative estimate of drug-likeness (QED) is 0.694. The monoisotopic (exact) mass is 340 g/mol. The van der Waals surface area contributed by atoms with Crippen LogP contribution in [0.1, 0.15) is 78.6 Å². The van der Waals surface area contributed by atoms with Crippen LogP contribution < -0.4 is 10.6 Å². The highest BCUT2D eigenvalue weighted by atomic mass is 16.5. The van der Waals surface area contributed by atoms with Gasteiger partial charge in [0.15, 0.2) is 0 Å². The molecular formula is C19H36N2O3. The van der Waals surface area contributed by atoms with E-state index in [0.717, 1.165) is 38.7 Å². The molecule has 1 saturated carbocycles. The molecule has 1 heterocycles. The van der Waals surface area contributed by atoms with Gasteiger partial charge in [0.1, 0.15) is 0 Å². The van der Waals surface area contributed by atoms with Crippen molar-refractivity contribution in [2.45, 2.75) is 95.8 Å². The largest absolute Gasteiger partial charge is 0.388 e. The third kappa shape index (κ3) is 6.25. The van der Waals surface area contributed by atoms with Crippen LogP contribution in [-0.2, 0) is 4.74 Å². The van der Waals surface area contributed by atoms with Crippen molar-refractivity contribution in [3.8, 4) is 0 Å². The lowest BCUT2D eigenvalue weighted by Gasteiger charge is -2.43. The number of ether oxygens (including phenoxy) is 1. The summed E-state index contributed by atoms with van der Waals surface area (Å²) in [5.41, 5.74) is -0.848. The van der Waals surface area contributed by atoms with Crippen molar-refractivity contribution in [2.24, 2.45) is 5.92 Å². The fourth-order valence-corrected chi connectivity index (χ4v) is 3.89. The molecule has 2 amide bonds. The smallest absolute Gasteiger partial charge is 0.315 e. The number of carbonyl (C=O) groups excluding carboxylic acids is 1. The van der Waals surface area contributed by atoms with Crippen molar-refractivity contribution in [2.75, 3.05) is 13.2 Å². The van der Waals surface area contributed by atoms with E-state index < -0.39 is 5.60 Å². The zero-order chi connectivity index (χ0) is 17.6. The summed E-state index contributed by atoms with van der Waals surface area (Å²) in [6.07, 6.45) is 9.46. The van der Waals surface area contributed by atoms with E-state index in [9.17, 15) is 9.90 Å². The Labute approximate surface area is 146 Å². The van der Waals surface area contributed by atoms with E-state index in [1.807, 2.05) is 0 Å². The topological polar surface area (TPSA) is 70.6 Å². The average Bonchev–Trinajstić information content (AvgIpc) is 2.52. The van der Waals surface area contributed by atoms with Gasteiger partial charge in [0, 0.05) is 19.2 Å². The lowest BCUT2D eigenvalue weighted by Crippen LogP contribution is -2.53. The first-order chi connectivity index (χ1) is 11.3. The first kappa shape index (κ1) is 19.5. The van der Waals surface area contributed by atoms with E-state index in [2.05, 4.69) is 24.5 Å². The molecule has 2 fully saturated rings. The molecule has 2 rings (SSSR count). The first-order valence-corrected chi connectivity index (χ1v) is 9.71. The van der Waals surface area contributed by atoms with Gasteiger partial charge < -0.3 is 20.5 Å². The SMILES string of the molecule is CC(C)CCC(C)(O)CNC(=O)NC1CCOC2(CCCCC2)C1. The number of amides is 2. The number of hydrogen-bond donors (Lipinski definition) is 3. The fraction of sp³-hybridized carbons (Fsp3) is 0.947. The van der Waals surface area contributed by atoms with Crippen LogP contribution in [0.3, 0.4) is 0 Å². The highest BCUT2D eigenvalue weighted by Gasteiger charge is 2.38. The molecule has 1 aliphatic heterocycles. The van der Waals surface area contributed by atoms with Gasteiger partial charge in [-0.3, -0.25) is 0 Å². The summed E-state index contributed by atoms with van der Waals surface area (Å²) in [7, 11) is 0. The summed E-state index contributed by atoms with van der Waals surface area (Å²) in [5.74, 6) is 0.555. The number of urea groups is 1. The zero-order valence-electron chi connectivity index (χ0n) is 15.7. The van der Waals surface area contributed by atoms with Crippen molar-refractivity contribution < 1.29 is 14.6 Å². The van der Waals surface area contributed by atoms with E-state index in [1.54, 1.807) is 6.92 Å². The van der Waals surface area contributed by atoms with Crippen LogP contribution in [0.15, 0.2) is 0 Å². The average molecular weight is 341 g/mol. The molecule has 140 valence electrons. The van der Waals surface area contributed by atoms with Gasteiger partial charge in [-0.05, 0) is 51.4 Å². The second kappa shape index (κ2) is 8.52. The first-order valence-electron chi connectivity index (χ1n) is 9.71. The lowest BCUT2D eigenvalue weighted by atomic mass is 9.78. The summed E-state index contributed by atoms with van der Waals surface area (Å²) in [4.78, 5) is 12.2. The molecule has 2 aliphatic rings. The Morgan fingerprint density at radius 2 is 2.04 bits per heavy atom. The van der Waals surface area contributed by atoms with Crippen LogP contribution in [0.25, 0.3) is 0 Å². The Morgan fingerprint density at radius 3 is 2.71 bits per heavy atom. The maximum Gasteiger partial charge on any atom is 0.315 e. The van der Waals surface area contributed by atoms with Crippen LogP contribution >= 0.6 is 0 Å². The van der Waals surface area contributed by atoms with Crippen LogP contribution in [0.5, 0.6) is 0 Å². The molecule has 1 saturated heterocycles. The van der Waals surface area contributed by atoms with Gasteiger partial charge in [0.05, 0.1) is 11.2 Å². The summed E-state index contributed by atoms with van der Waals surface area (Å²) >= 11 is 0. The van der Waals surface area contributed by atoms with E-state index in [0.29, 0.717) is 18.9 Å². The lowest BCUT2D eigenvalue weighted by molar-refractivity contribution is -0.107. The Bertz CT molecular complexity index is 398. The second-order valence-corrected chi connectivity index (χ2v) is 8.54. The predicted molar refractivity (Wildman–Crippen MR) is 96.0 cm³/mol. The molecule has 5 nitrogen and oxygen atoms in total. The molecular weight excluding hydrogens is 304 g/mol. The minimum atomic E-state index is -0.845. The highest BCUT2D eigenvalue weighted by molar-refractivity contribution is 5.74. The summed E-state index contributed by atoms with van der Waals surface area (Å²) < 4.78 is 6.08. The number of aliphatic hydroxyl groups is 1. The predicted octanol–water partition coefficient (Wildman–Crippen LogP) is 3.35. The molecule has 1 aliphatic carbocycles. The maximum atomic E-state index is 12.2. The molecule has 0 bridgehead atoms. The Kier molecular flexibility index (Phi) is 6.93. The van der Waals surface area contributed by atoms with Gasteiger partial charge in [0.2, 0.25) is 0 Å². The van der Waals surface area contributed by atoms with E-state index in [-0.39, 0.29) is 17.7 Å². The third-order valence-electron chi connectivity index (χ3n) is 5.48. The van der Waals surface area contributed by atoms with Crippen molar-refractivity contribution in [1.82, 2.24) is 10.6 Å². The molecule has 0 radical (unpaired) electrons. The molecule has 2 atom stereocenters. The van der Waals surface area contributed by atoms with Gasteiger partial charge in [-0.15, -0.1) is 0 Å². The minimum Gasteiger partial charge on any atom is -0.388 e. The van der Waals surface area contributed by atoms with Gasteiger partial charge in [-0.1, -0.05) is 33.1 Å². The molecule has 5 heteroatoms. The van der Waals surface area contributed by atoms with Gasteiger partial charge in [0.25, 0.3) is 0 Å². The Balaban J connectivity index is 1.73. The van der Waals surface area contributed by atoms with Gasteiger partial charge in [-0.25, -0.2) is 4.79 Å². The summed E-state index contributed by atoms with van der Waals surface area (Å²) in [6, 6.07) is 0.00939. The number of rotatable bonds is 6. The summed E-state index contributed by atoms with van der Waals surface area (Å²) in [5, 5.41) is 16.3. The van der Waals surface area contributed by atoms with E-state index in [1.165, 1.54) is 19.3 Å². The Hall–Kier alpha value is -0.810. The standard InChI is InChI=1S/C19H36N2O3/c1-15(2)7-11-18(3,23)14-20-17(22)21-16-8-12-24-19(13-16)9-5-4-6-10-19/h15-16,23H,4-14H2,1-3H3,(H2,20,21,22). The number of hydrogen-bond acceptors (Lipinski definition) is 3. The van der Waals surface area contributed by atoms with Crippen LogP contribution in [-0.4, -0.2) is 41.5 Å². The van der Waals surface area contributed by atoms with Crippen LogP contribution in [0, 0.1) is 5.92 Å². The molecule has 0 aromatic rings. The highest BCUT2D eigenvalue weighted by Crippen LogP contribution is 2.38. The van der Waals surface area contributed by atoms with Crippen LogP contribution in [0.4, 0.5) is 4.79 Å². The third-order valence-corrected chi connectivity index (χ3v) is 5.48. The van der Waals surface area contributed by atoms with Crippen molar-refractivity contribution >= 4 is 6.03 Å². The van der Waals surface area contributed by atoms with Crippen molar-refractivity contribution in [1.29, 1.82) is 0 Å². The van der Waals surface area contributed by atoms with Gasteiger partial charge >= 0.3 is 6.03 Å². The number of nitrogens with one attached hydrogen (secondary N) is 2. The zero-order valence-corrected chi connectivity index (χ0v) is 15.7. The van der Waals surface area contributed by atoms with E-state index in [4.69, 9.17) is 4.74 Å². The van der Waals surface area contributed by atoms with Crippen LogP contribution in [0.2, 0.25) is 0 Å². The summed E-state index contributed by atoms with van der Waals surface area (Å²) in [6.45, 7) is 7.10. The molecule has 2 unspecified atom stereocenters. The second-order valence-electron chi connectivity index (χ2n) is 8.54. The normalized spacial score (nSPS) is 26.1. The number of carbonyl (C=O) groups is 1.